The fraction of sp³-hybridized carbons (Fsp3) is 0.167. The first-order valence-corrected chi connectivity index (χ1v) is 6.61. The van der Waals surface area contributed by atoms with Gasteiger partial charge in [-0.3, -0.25) is 0 Å². The largest absolute Gasteiger partial charge is 0.331 e. The van der Waals surface area contributed by atoms with E-state index in [-0.39, 0.29) is 0 Å². The SMILES string of the molecule is Cc1csc(Cn2c(=S)[nH]c3ccccc32)n1. The fourth-order valence-electron chi connectivity index (χ4n) is 1.87. The van der Waals surface area contributed by atoms with Crippen LogP contribution in [0.15, 0.2) is 29.6 Å². The highest BCUT2D eigenvalue weighted by atomic mass is 32.1. The normalized spacial score (nSPS) is 11.1. The fourth-order valence-corrected chi connectivity index (χ4v) is 2.91. The van der Waals surface area contributed by atoms with Crippen LogP contribution in [0.1, 0.15) is 10.7 Å². The predicted octanol–water partition coefficient (Wildman–Crippen LogP) is 3.51. The zero-order valence-electron chi connectivity index (χ0n) is 9.30. The van der Waals surface area contributed by atoms with Crippen molar-refractivity contribution >= 4 is 34.6 Å². The molecular weight excluding hydrogens is 250 g/mol. The molecule has 1 aromatic carbocycles. The van der Waals surface area contributed by atoms with Gasteiger partial charge in [0.05, 0.1) is 17.6 Å². The molecule has 2 heterocycles. The molecule has 5 heteroatoms. The molecule has 0 bridgehead atoms. The molecule has 0 saturated carbocycles. The Morgan fingerprint density at radius 2 is 2.24 bits per heavy atom. The summed E-state index contributed by atoms with van der Waals surface area (Å²) in [5.74, 6) is 0. The van der Waals surface area contributed by atoms with Crippen LogP contribution in [0.5, 0.6) is 0 Å². The van der Waals surface area contributed by atoms with E-state index in [1.807, 2.05) is 25.1 Å². The number of aryl methyl sites for hydroxylation is 1. The van der Waals surface area contributed by atoms with Crippen molar-refractivity contribution in [1.29, 1.82) is 0 Å². The molecule has 0 fully saturated rings. The van der Waals surface area contributed by atoms with Gasteiger partial charge in [-0.05, 0) is 31.3 Å². The molecule has 3 rings (SSSR count). The van der Waals surface area contributed by atoms with Crippen molar-refractivity contribution in [2.24, 2.45) is 0 Å². The van der Waals surface area contributed by atoms with Crippen LogP contribution >= 0.6 is 23.6 Å². The summed E-state index contributed by atoms with van der Waals surface area (Å²) in [6.45, 7) is 2.75. The van der Waals surface area contributed by atoms with Crippen LogP contribution in [-0.4, -0.2) is 14.5 Å². The number of thiazole rings is 1. The number of H-pyrrole nitrogens is 1. The van der Waals surface area contributed by atoms with E-state index in [0.29, 0.717) is 0 Å². The van der Waals surface area contributed by atoms with Crippen molar-refractivity contribution in [3.63, 3.8) is 0 Å². The summed E-state index contributed by atoms with van der Waals surface area (Å²) in [4.78, 5) is 7.68. The second kappa shape index (κ2) is 4.09. The second-order valence-electron chi connectivity index (χ2n) is 3.92. The molecule has 17 heavy (non-hydrogen) atoms. The van der Waals surface area contributed by atoms with Crippen molar-refractivity contribution in [2.45, 2.75) is 13.5 Å². The Bertz CT molecular complexity index is 721. The van der Waals surface area contributed by atoms with E-state index in [1.54, 1.807) is 11.3 Å². The molecule has 0 radical (unpaired) electrons. The van der Waals surface area contributed by atoms with E-state index >= 15 is 0 Å². The standard InChI is InChI=1S/C12H11N3S2/c1-8-7-17-11(13-8)6-15-10-5-3-2-4-9(10)14-12(15)16/h2-5,7H,6H2,1H3,(H,14,16). The number of aromatic amines is 1. The lowest BCUT2D eigenvalue weighted by atomic mass is 10.3. The third-order valence-corrected chi connectivity index (χ3v) is 3.92. The van der Waals surface area contributed by atoms with E-state index in [2.05, 4.69) is 26.0 Å². The first-order valence-electron chi connectivity index (χ1n) is 5.32. The minimum absolute atomic E-state index is 0.737. The molecule has 2 aromatic heterocycles. The van der Waals surface area contributed by atoms with Crippen LogP contribution in [-0.2, 0) is 6.54 Å². The summed E-state index contributed by atoms with van der Waals surface area (Å²) in [6.07, 6.45) is 0. The van der Waals surface area contributed by atoms with Crippen LogP contribution in [0.4, 0.5) is 0 Å². The number of hydrogen-bond acceptors (Lipinski definition) is 3. The Kier molecular flexibility index (Phi) is 2.57. The lowest BCUT2D eigenvalue weighted by molar-refractivity contribution is 0.800. The Balaban J connectivity index is 2.11. The topological polar surface area (TPSA) is 33.6 Å². The third kappa shape index (κ3) is 1.92. The summed E-state index contributed by atoms with van der Waals surface area (Å²) in [5.41, 5.74) is 3.27. The van der Waals surface area contributed by atoms with E-state index in [1.165, 1.54) is 0 Å². The smallest absolute Gasteiger partial charge is 0.178 e. The molecule has 0 saturated heterocycles. The molecular formula is C12H11N3S2. The average Bonchev–Trinajstić information content (AvgIpc) is 2.85. The van der Waals surface area contributed by atoms with Gasteiger partial charge >= 0.3 is 0 Å². The van der Waals surface area contributed by atoms with Gasteiger partial charge < -0.3 is 9.55 Å². The number of para-hydroxylation sites is 2. The molecule has 0 aliphatic rings. The lowest BCUT2D eigenvalue weighted by Crippen LogP contribution is -1.99. The molecule has 0 unspecified atom stereocenters. The maximum Gasteiger partial charge on any atom is 0.178 e. The molecule has 0 atom stereocenters. The number of imidazole rings is 1. The second-order valence-corrected chi connectivity index (χ2v) is 5.25. The number of rotatable bonds is 2. The van der Waals surface area contributed by atoms with E-state index in [4.69, 9.17) is 12.2 Å². The zero-order valence-corrected chi connectivity index (χ0v) is 10.9. The monoisotopic (exact) mass is 261 g/mol. The van der Waals surface area contributed by atoms with Crippen molar-refractivity contribution in [2.75, 3.05) is 0 Å². The number of nitrogens with zero attached hydrogens (tertiary/aromatic N) is 2. The van der Waals surface area contributed by atoms with Crippen LogP contribution < -0.4 is 0 Å². The summed E-state index contributed by atoms with van der Waals surface area (Å²) < 4.78 is 2.84. The molecule has 3 nitrogen and oxygen atoms in total. The molecule has 0 spiro atoms. The Hall–Kier alpha value is -1.46. The van der Waals surface area contributed by atoms with Gasteiger partial charge in [0.25, 0.3) is 0 Å². The highest BCUT2D eigenvalue weighted by molar-refractivity contribution is 7.71. The van der Waals surface area contributed by atoms with Crippen molar-refractivity contribution < 1.29 is 0 Å². The predicted molar refractivity (Wildman–Crippen MR) is 73.1 cm³/mol. The molecule has 3 aromatic rings. The summed E-state index contributed by atoms with van der Waals surface area (Å²) in [6, 6.07) is 8.14. The number of aromatic nitrogens is 3. The Morgan fingerprint density at radius 3 is 3.00 bits per heavy atom. The van der Waals surface area contributed by atoms with Crippen LogP contribution in [0.25, 0.3) is 11.0 Å². The van der Waals surface area contributed by atoms with E-state index in [9.17, 15) is 0 Å². The first kappa shape index (κ1) is 10.7. The minimum Gasteiger partial charge on any atom is -0.331 e. The van der Waals surface area contributed by atoms with Crippen molar-refractivity contribution in [3.05, 3.63) is 45.1 Å². The van der Waals surface area contributed by atoms with Gasteiger partial charge in [0.2, 0.25) is 0 Å². The number of nitrogens with one attached hydrogen (secondary N) is 1. The Morgan fingerprint density at radius 1 is 1.41 bits per heavy atom. The number of fused-ring (bicyclic) bond motifs is 1. The lowest BCUT2D eigenvalue weighted by Gasteiger charge is -2.00. The van der Waals surface area contributed by atoms with Gasteiger partial charge in [-0.2, -0.15) is 0 Å². The van der Waals surface area contributed by atoms with Crippen LogP contribution in [0.3, 0.4) is 0 Å². The number of benzene rings is 1. The maximum atomic E-state index is 5.34. The molecule has 0 aliphatic carbocycles. The summed E-state index contributed by atoms with van der Waals surface area (Å²) in [5, 5.41) is 3.15. The zero-order chi connectivity index (χ0) is 11.8. The first-order chi connectivity index (χ1) is 8.24. The Labute approximate surface area is 108 Å². The van der Waals surface area contributed by atoms with Crippen LogP contribution in [0, 0.1) is 11.7 Å². The van der Waals surface area contributed by atoms with Crippen molar-refractivity contribution in [1.82, 2.24) is 14.5 Å². The van der Waals surface area contributed by atoms with Gasteiger partial charge in [-0.25, -0.2) is 4.98 Å². The van der Waals surface area contributed by atoms with Crippen molar-refractivity contribution in [3.8, 4) is 0 Å². The maximum absolute atomic E-state index is 5.34. The highest BCUT2D eigenvalue weighted by Crippen LogP contribution is 2.17. The highest BCUT2D eigenvalue weighted by Gasteiger charge is 2.06. The summed E-state index contributed by atoms with van der Waals surface area (Å²) >= 11 is 7.02. The molecule has 0 aliphatic heterocycles. The van der Waals surface area contributed by atoms with Gasteiger partial charge in [-0.15, -0.1) is 11.3 Å². The number of hydrogen-bond donors (Lipinski definition) is 1. The summed E-state index contributed by atoms with van der Waals surface area (Å²) in [7, 11) is 0. The molecule has 1 N–H and O–H groups in total. The minimum atomic E-state index is 0.737. The van der Waals surface area contributed by atoms with Gasteiger partial charge in [0, 0.05) is 11.1 Å². The average molecular weight is 261 g/mol. The third-order valence-electron chi connectivity index (χ3n) is 2.64. The van der Waals surface area contributed by atoms with Crippen LogP contribution in [0.2, 0.25) is 0 Å². The van der Waals surface area contributed by atoms with Gasteiger partial charge in [0.15, 0.2) is 4.77 Å². The molecule has 86 valence electrons. The van der Waals surface area contributed by atoms with Gasteiger partial charge in [-0.1, -0.05) is 12.1 Å². The van der Waals surface area contributed by atoms with E-state index < -0.39 is 0 Å². The molecule has 0 amide bonds. The quantitative estimate of drug-likeness (QED) is 0.716. The van der Waals surface area contributed by atoms with E-state index in [0.717, 1.165) is 33.1 Å². The van der Waals surface area contributed by atoms with Gasteiger partial charge in [0.1, 0.15) is 5.01 Å².